The van der Waals surface area contributed by atoms with Crippen LogP contribution < -0.4 is 16.0 Å². The van der Waals surface area contributed by atoms with Gasteiger partial charge in [0, 0.05) is 49.0 Å². The molecule has 1 aromatic heterocycles. The summed E-state index contributed by atoms with van der Waals surface area (Å²) in [7, 11) is 1.62. The largest absolute Gasteiger partial charge is 0.402 e. The van der Waals surface area contributed by atoms with Gasteiger partial charge in [0.25, 0.3) is 5.91 Å². The van der Waals surface area contributed by atoms with Crippen LogP contribution in [0.1, 0.15) is 53.5 Å². The molecule has 0 unspecified atom stereocenters. The molecule has 194 valence electrons. The van der Waals surface area contributed by atoms with Crippen LogP contribution in [-0.2, 0) is 11.3 Å². The molecule has 0 radical (unpaired) electrons. The molecule has 1 saturated carbocycles. The van der Waals surface area contributed by atoms with Gasteiger partial charge in [0.05, 0.1) is 12.0 Å². The van der Waals surface area contributed by atoms with E-state index in [2.05, 4.69) is 27.0 Å². The minimum Gasteiger partial charge on any atom is -0.402 e. The zero-order valence-corrected chi connectivity index (χ0v) is 21.6. The number of hydrogen-bond acceptors (Lipinski definition) is 6. The van der Waals surface area contributed by atoms with Crippen molar-refractivity contribution in [2.45, 2.75) is 39.7 Å². The van der Waals surface area contributed by atoms with E-state index in [1.165, 1.54) is 12.1 Å². The first-order chi connectivity index (χ1) is 17.7. The van der Waals surface area contributed by atoms with Gasteiger partial charge < -0.3 is 16.0 Å². The Morgan fingerprint density at radius 3 is 2.73 bits per heavy atom. The Morgan fingerprint density at radius 2 is 2.08 bits per heavy atom. The number of hydrogen-bond donors (Lipinski definition) is 2. The molecular weight excluding hydrogens is 471 g/mol. The Hall–Kier alpha value is -3.88. The number of benzene rings is 1. The summed E-state index contributed by atoms with van der Waals surface area (Å²) < 4.78 is 14.4. The summed E-state index contributed by atoms with van der Waals surface area (Å²) in [6.45, 7) is 8.21. The number of anilines is 1. The molecule has 1 aliphatic carbocycles. The summed E-state index contributed by atoms with van der Waals surface area (Å²) in [4.78, 5) is 40.7. The molecule has 0 spiro atoms. The number of carbonyl (C=O) groups is 2. The molecule has 1 saturated heterocycles. The minimum absolute atomic E-state index is 0.0429. The Kier molecular flexibility index (Phi) is 7.52. The molecular formula is C28H33FN6O2. The van der Waals surface area contributed by atoms with E-state index in [0.717, 1.165) is 19.3 Å². The van der Waals surface area contributed by atoms with Gasteiger partial charge in [-0.05, 0) is 87.2 Å². The number of carbonyl (C=O) groups excluding carboxylic acids is 2. The van der Waals surface area contributed by atoms with Crippen LogP contribution in [0, 0.1) is 24.1 Å². The maximum Gasteiger partial charge on any atom is 0.270 e. The molecule has 3 N–H and O–H groups in total. The molecule has 2 amide bonds. The van der Waals surface area contributed by atoms with Crippen LogP contribution >= 0.6 is 0 Å². The highest BCUT2D eigenvalue weighted by Crippen LogP contribution is 2.52. The van der Waals surface area contributed by atoms with Gasteiger partial charge in [0.2, 0.25) is 5.91 Å². The first-order valence-corrected chi connectivity index (χ1v) is 12.4. The second kappa shape index (κ2) is 10.6. The summed E-state index contributed by atoms with van der Waals surface area (Å²) in [6, 6.07) is 7.96. The lowest BCUT2D eigenvalue weighted by atomic mass is 9.81. The maximum absolute atomic E-state index is 14.4. The van der Waals surface area contributed by atoms with Gasteiger partial charge in [-0.3, -0.25) is 19.6 Å². The highest BCUT2D eigenvalue weighted by atomic mass is 19.1. The van der Waals surface area contributed by atoms with Crippen LogP contribution in [0.5, 0.6) is 0 Å². The van der Waals surface area contributed by atoms with Crippen LogP contribution in [-0.4, -0.2) is 49.9 Å². The lowest BCUT2D eigenvalue weighted by molar-refractivity contribution is -0.126. The normalized spacial score (nSPS) is 20.3. The Bertz CT molecular complexity index is 1300. The van der Waals surface area contributed by atoms with E-state index >= 15 is 0 Å². The summed E-state index contributed by atoms with van der Waals surface area (Å²) >= 11 is 0. The average molecular weight is 505 g/mol. The van der Waals surface area contributed by atoms with Crippen molar-refractivity contribution in [2.24, 2.45) is 27.1 Å². The molecule has 0 bridgehead atoms. The molecule has 4 rings (SSSR count). The second-order valence-electron chi connectivity index (χ2n) is 9.89. The zero-order chi connectivity index (χ0) is 26.7. The van der Waals surface area contributed by atoms with Crippen LogP contribution in [0.25, 0.3) is 5.57 Å². The number of halogens is 1. The third kappa shape index (κ3) is 5.45. The average Bonchev–Trinajstić information content (AvgIpc) is 3.65. The SMILES string of the molecule is C=NC[C@@]1(C2CC2)CCN(c2cc(C)nc(C(=O)NCc3cc(F)cc(C(C=NC)=C(C)N)c3)c2)C1=O. The van der Waals surface area contributed by atoms with Crippen molar-refractivity contribution in [3.63, 3.8) is 0 Å². The van der Waals surface area contributed by atoms with E-state index < -0.39 is 17.1 Å². The molecule has 1 aliphatic heterocycles. The number of nitrogens with zero attached hydrogens (tertiary/aromatic N) is 4. The van der Waals surface area contributed by atoms with Crippen LogP contribution in [0.2, 0.25) is 0 Å². The Morgan fingerprint density at radius 1 is 1.32 bits per heavy atom. The molecule has 1 aromatic carbocycles. The molecule has 2 aromatic rings. The number of amides is 2. The molecule has 9 heteroatoms. The molecule has 1 atom stereocenters. The van der Waals surface area contributed by atoms with Crippen molar-refractivity contribution < 1.29 is 14.0 Å². The molecule has 8 nitrogen and oxygen atoms in total. The summed E-state index contributed by atoms with van der Waals surface area (Å²) in [6.07, 6.45) is 4.37. The van der Waals surface area contributed by atoms with Crippen molar-refractivity contribution >= 4 is 36.0 Å². The number of aromatic nitrogens is 1. The second-order valence-corrected chi connectivity index (χ2v) is 9.89. The number of nitrogens with two attached hydrogens (primary N) is 1. The van der Waals surface area contributed by atoms with Crippen molar-refractivity contribution in [2.75, 3.05) is 25.0 Å². The fraction of sp³-hybridized carbons (Fsp3) is 0.393. The smallest absolute Gasteiger partial charge is 0.270 e. The van der Waals surface area contributed by atoms with Gasteiger partial charge in [0.15, 0.2) is 0 Å². The van der Waals surface area contributed by atoms with E-state index in [0.29, 0.717) is 52.8 Å². The lowest BCUT2D eigenvalue weighted by Crippen LogP contribution is -2.38. The zero-order valence-electron chi connectivity index (χ0n) is 21.6. The van der Waals surface area contributed by atoms with Gasteiger partial charge in [-0.25, -0.2) is 9.37 Å². The van der Waals surface area contributed by atoms with Crippen LogP contribution in [0.3, 0.4) is 0 Å². The number of allylic oxidation sites excluding steroid dienone is 2. The number of aryl methyl sites for hydroxylation is 1. The molecule has 2 fully saturated rings. The monoisotopic (exact) mass is 504 g/mol. The van der Waals surface area contributed by atoms with E-state index in [-0.39, 0.29) is 18.1 Å². The van der Waals surface area contributed by atoms with E-state index in [4.69, 9.17) is 5.73 Å². The van der Waals surface area contributed by atoms with E-state index in [9.17, 15) is 14.0 Å². The fourth-order valence-electron chi connectivity index (χ4n) is 5.16. The summed E-state index contributed by atoms with van der Waals surface area (Å²) in [5.41, 5.74) is 9.19. The van der Waals surface area contributed by atoms with Gasteiger partial charge in [0.1, 0.15) is 11.5 Å². The summed E-state index contributed by atoms with van der Waals surface area (Å²) in [5, 5.41) is 2.82. The predicted octanol–water partition coefficient (Wildman–Crippen LogP) is 3.68. The highest BCUT2D eigenvalue weighted by Gasteiger charge is 2.55. The Balaban J connectivity index is 1.52. The third-order valence-corrected chi connectivity index (χ3v) is 7.09. The third-order valence-electron chi connectivity index (χ3n) is 7.09. The number of pyridine rings is 1. The standard InChI is InChI=1S/C28H33FN6O2/c1-17-9-23(35-8-7-28(16-32-4,27(35)37)21-5-6-21)13-25(34-17)26(36)33-14-19-10-20(12-22(29)11-19)24(15-31-3)18(2)30/h9-13,15,21H,4-8,14,16,30H2,1-3H3,(H,33,36)/t28-/m1/s1. The van der Waals surface area contributed by atoms with Crippen LogP contribution in [0.4, 0.5) is 10.1 Å². The minimum atomic E-state index is -0.492. The lowest BCUT2D eigenvalue weighted by Gasteiger charge is -2.26. The van der Waals surface area contributed by atoms with E-state index in [1.54, 1.807) is 44.1 Å². The maximum atomic E-state index is 14.4. The number of aliphatic imine (C=N–C) groups is 2. The topological polar surface area (TPSA) is 113 Å². The predicted molar refractivity (Wildman–Crippen MR) is 144 cm³/mol. The molecule has 37 heavy (non-hydrogen) atoms. The van der Waals surface area contributed by atoms with Gasteiger partial charge in [-0.1, -0.05) is 0 Å². The highest BCUT2D eigenvalue weighted by molar-refractivity contribution is 6.10. The molecule has 2 heterocycles. The first-order valence-electron chi connectivity index (χ1n) is 12.4. The van der Waals surface area contributed by atoms with Crippen molar-refractivity contribution in [1.82, 2.24) is 10.3 Å². The van der Waals surface area contributed by atoms with Gasteiger partial charge >= 0.3 is 0 Å². The van der Waals surface area contributed by atoms with Gasteiger partial charge in [-0.15, -0.1) is 0 Å². The quantitative estimate of drug-likeness (QED) is 0.507. The van der Waals surface area contributed by atoms with Crippen molar-refractivity contribution in [3.05, 3.63) is 64.4 Å². The van der Waals surface area contributed by atoms with E-state index in [1.807, 2.05) is 6.07 Å². The Labute approximate surface area is 216 Å². The number of rotatable bonds is 9. The van der Waals surface area contributed by atoms with Crippen LogP contribution in [0.15, 0.2) is 46.0 Å². The van der Waals surface area contributed by atoms with Gasteiger partial charge in [-0.2, -0.15) is 0 Å². The molecule has 2 aliphatic rings. The summed E-state index contributed by atoms with van der Waals surface area (Å²) in [5.74, 6) is -0.466. The van der Waals surface area contributed by atoms with Crippen molar-refractivity contribution in [3.8, 4) is 0 Å². The number of nitrogens with one attached hydrogen (secondary N) is 1. The fourth-order valence-corrected chi connectivity index (χ4v) is 5.16. The first kappa shape index (κ1) is 26.2. The van der Waals surface area contributed by atoms with Crippen molar-refractivity contribution in [1.29, 1.82) is 0 Å².